The summed E-state index contributed by atoms with van der Waals surface area (Å²) in [7, 11) is 0. The zero-order valence-electron chi connectivity index (χ0n) is 9.03. The van der Waals surface area contributed by atoms with Crippen LogP contribution in [0, 0.1) is 0 Å². The van der Waals surface area contributed by atoms with Gasteiger partial charge in [-0.15, -0.1) is 0 Å². The highest BCUT2D eigenvalue weighted by Gasteiger charge is 2.27. The molecule has 0 radical (unpaired) electrons. The van der Waals surface area contributed by atoms with Crippen LogP contribution in [0.2, 0.25) is 0 Å². The fraction of sp³-hybridized carbons (Fsp3) is 0.727. The second-order valence-electron chi connectivity index (χ2n) is 4.27. The lowest BCUT2D eigenvalue weighted by molar-refractivity contribution is 0.570. The Morgan fingerprint density at radius 2 is 2.36 bits per heavy atom. The topological polar surface area (TPSA) is 43.8 Å². The molecule has 1 aromatic heterocycles. The minimum Gasteiger partial charge on any atom is -0.323 e. The molecule has 1 saturated carbocycles. The summed E-state index contributed by atoms with van der Waals surface area (Å²) in [6.45, 7) is 4.22. The van der Waals surface area contributed by atoms with Gasteiger partial charge in [0, 0.05) is 6.04 Å². The van der Waals surface area contributed by atoms with Gasteiger partial charge in [0.25, 0.3) is 0 Å². The number of nitrogens with two attached hydrogens (primary N) is 1. The van der Waals surface area contributed by atoms with Gasteiger partial charge in [-0.25, -0.2) is 0 Å². The van der Waals surface area contributed by atoms with Gasteiger partial charge in [-0.2, -0.15) is 5.10 Å². The number of aryl methyl sites for hydroxylation is 1. The highest BCUT2D eigenvalue weighted by atomic mass is 15.3. The number of aromatic nitrogens is 2. The molecular formula is C11H19N3. The Hall–Kier alpha value is -0.830. The third kappa shape index (κ3) is 1.82. The first-order chi connectivity index (χ1) is 6.72. The Balaban J connectivity index is 2.25. The number of rotatable bonds is 4. The largest absolute Gasteiger partial charge is 0.323 e. The second kappa shape index (κ2) is 3.73. The van der Waals surface area contributed by atoms with Crippen LogP contribution < -0.4 is 5.73 Å². The molecule has 3 nitrogen and oxygen atoms in total. The van der Waals surface area contributed by atoms with Crippen molar-refractivity contribution in [2.45, 2.75) is 51.6 Å². The molecule has 1 aromatic rings. The van der Waals surface area contributed by atoms with Crippen molar-refractivity contribution in [2.24, 2.45) is 5.73 Å². The molecule has 2 rings (SSSR count). The van der Waals surface area contributed by atoms with E-state index in [1.165, 1.54) is 24.2 Å². The second-order valence-corrected chi connectivity index (χ2v) is 4.27. The highest BCUT2D eigenvalue weighted by molar-refractivity contribution is 5.15. The van der Waals surface area contributed by atoms with Crippen molar-refractivity contribution in [3.05, 3.63) is 17.5 Å². The van der Waals surface area contributed by atoms with E-state index in [1.807, 2.05) is 6.92 Å². The maximum atomic E-state index is 5.93. The van der Waals surface area contributed by atoms with E-state index in [4.69, 9.17) is 5.73 Å². The molecule has 1 fully saturated rings. The third-order valence-electron chi connectivity index (χ3n) is 2.68. The van der Waals surface area contributed by atoms with Crippen molar-refractivity contribution in [3.63, 3.8) is 0 Å². The van der Waals surface area contributed by atoms with Gasteiger partial charge in [0.05, 0.1) is 17.4 Å². The molecule has 78 valence electrons. The molecule has 1 aliphatic carbocycles. The molecule has 3 heteroatoms. The summed E-state index contributed by atoms with van der Waals surface area (Å²) in [6, 6.07) is 2.92. The van der Waals surface area contributed by atoms with Crippen LogP contribution >= 0.6 is 0 Å². The molecule has 0 aliphatic heterocycles. The molecule has 1 aliphatic rings. The number of hydrogen-bond donors (Lipinski definition) is 1. The lowest BCUT2D eigenvalue weighted by Gasteiger charge is -2.07. The van der Waals surface area contributed by atoms with Gasteiger partial charge in [-0.3, -0.25) is 4.68 Å². The van der Waals surface area contributed by atoms with Crippen molar-refractivity contribution in [1.82, 2.24) is 9.78 Å². The summed E-state index contributed by atoms with van der Waals surface area (Å²) in [4.78, 5) is 0. The zero-order chi connectivity index (χ0) is 10.1. The van der Waals surface area contributed by atoms with Gasteiger partial charge in [-0.05, 0) is 32.3 Å². The van der Waals surface area contributed by atoms with Crippen LogP contribution in [0.1, 0.15) is 56.6 Å². The molecule has 0 bridgehead atoms. The van der Waals surface area contributed by atoms with Gasteiger partial charge >= 0.3 is 0 Å². The first-order valence-corrected chi connectivity index (χ1v) is 5.56. The van der Waals surface area contributed by atoms with E-state index in [0.717, 1.165) is 12.8 Å². The predicted molar refractivity (Wildman–Crippen MR) is 57.1 cm³/mol. The predicted octanol–water partition coefficient (Wildman–Crippen LogP) is 2.19. The van der Waals surface area contributed by atoms with Crippen molar-refractivity contribution in [1.29, 1.82) is 0 Å². The van der Waals surface area contributed by atoms with Crippen molar-refractivity contribution in [2.75, 3.05) is 0 Å². The minimum atomic E-state index is 0.105. The lowest BCUT2D eigenvalue weighted by atomic mass is 10.2. The van der Waals surface area contributed by atoms with Crippen LogP contribution in [-0.4, -0.2) is 9.78 Å². The fourth-order valence-corrected chi connectivity index (χ4v) is 1.79. The monoisotopic (exact) mass is 193 g/mol. The van der Waals surface area contributed by atoms with E-state index in [-0.39, 0.29) is 6.04 Å². The molecule has 0 aromatic carbocycles. The SMILES string of the molecule is CCCc1cc(C(C)N)n(C2CC2)n1. The first kappa shape index (κ1) is 9.71. The molecule has 0 spiro atoms. The van der Waals surface area contributed by atoms with Crippen molar-refractivity contribution < 1.29 is 0 Å². The van der Waals surface area contributed by atoms with Crippen LogP contribution in [0.15, 0.2) is 6.07 Å². The maximum absolute atomic E-state index is 5.93. The summed E-state index contributed by atoms with van der Waals surface area (Å²) in [5, 5.41) is 4.62. The molecule has 1 atom stereocenters. The van der Waals surface area contributed by atoms with Gasteiger partial charge in [0.2, 0.25) is 0 Å². The van der Waals surface area contributed by atoms with Gasteiger partial charge in [0.1, 0.15) is 0 Å². The van der Waals surface area contributed by atoms with Crippen LogP contribution in [0.3, 0.4) is 0 Å². The zero-order valence-corrected chi connectivity index (χ0v) is 9.03. The lowest BCUT2D eigenvalue weighted by Crippen LogP contribution is -2.12. The third-order valence-corrected chi connectivity index (χ3v) is 2.68. The van der Waals surface area contributed by atoms with Crippen LogP contribution in [0.25, 0.3) is 0 Å². The average molecular weight is 193 g/mol. The van der Waals surface area contributed by atoms with Gasteiger partial charge in [-0.1, -0.05) is 13.3 Å². The van der Waals surface area contributed by atoms with E-state index in [9.17, 15) is 0 Å². The summed E-state index contributed by atoms with van der Waals surface area (Å²) in [5.41, 5.74) is 8.33. The Labute approximate surface area is 85.3 Å². The fourth-order valence-electron chi connectivity index (χ4n) is 1.79. The molecule has 2 N–H and O–H groups in total. The first-order valence-electron chi connectivity index (χ1n) is 5.56. The Morgan fingerprint density at radius 1 is 1.64 bits per heavy atom. The van der Waals surface area contributed by atoms with E-state index in [0.29, 0.717) is 6.04 Å². The molecule has 0 saturated heterocycles. The number of hydrogen-bond acceptors (Lipinski definition) is 2. The average Bonchev–Trinajstić information content (AvgIpc) is 2.88. The normalized spacial score (nSPS) is 18.5. The van der Waals surface area contributed by atoms with Crippen LogP contribution in [0.4, 0.5) is 0 Å². The quantitative estimate of drug-likeness (QED) is 0.796. The summed E-state index contributed by atoms with van der Waals surface area (Å²) < 4.78 is 2.15. The standard InChI is InChI=1S/C11H19N3/c1-3-4-9-7-11(8(2)12)14(13-9)10-5-6-10/h7-8,10H,3-6,12H2,1-2H3. The van der Waals surface area contributed by atoms with Gasteiger partial charge in [0.15, 0.2) is 0 Å². The van der Waals surface area contributed by atoms with Crippen LogP contribution in [-0.2, 0) is 6.42 Å². The Bertz CT molecular complexity index is 291. The van der Waals surface area contributed by atoms with E-state index >= 15 is 0 Å². The van der Waals surface area contributed by atoms with Crippen molar-refractivity contribution >= 4 is 0 Å². The molecule has 1 heterocycles. The Kier molecular flexibility index (Phi) is 2.59. The molecule has 0 amide bonds. The summed E-state index contributed by atoms with van der Waals surface area (Å²) in [6.07, 6.45) is 4.76. The maximum Gasteiger partial charge on any atom is 0.0628 e. The number of nitrogens with zero attached hydrogens (tertiary/aromatic N) is 2. The minimum absolute atomic E-state index is 0.105. The van der Waals surface area contributed by atoms with Crippen LogP contribution in [0.5, 0.6) is 0 Å². The Morgan fingerprint density at radius 3 is 2.86 bits per heavy atom. The van der Waals surface area contributed by atoms with E-state index < -0.39 is 0 Å². The van der Waals surface area contributed by atoms with E-state index in [1.54, 1.807) is 0 Å². The molecule has 14 heavy (non-hydrogen) atoms. The summed E-state index contributed by atoms with van der Waals surface area (Å²) in [5.74, 6) is 0. The summed E-state index contributed by atoms with van der Waals surface area (Å²) >= 11 is 0. The van der Waals surface area contributed by atoms with Crippen molar-refractivity contribution in [3.8, 4) is 0 Å². The molecular weight excluding hydrogens is 174 g/mol. The smallest absolute Gasteiger partial charge is 0.0628 e. The van der Waals surface area contributed by atoms with Gasteiger partial charge < -0.3 is 5.73 Å². The highest BCUT2D eigenvalue weighted by Crippen LogP contribution is 2.36. The van der Waals surface area contributed by atoms with E-state index in [2.05, 4.69) is 22.8 Å². The molecule has 1 unspecified atom stereocenters.